The minimum absolute atomic E-state index is 0.110. The van der Waals surface area contributed by atoms with Gasteiger partial charge in [-0.05, 0) is 0 Å². The van der Waals surface area contributed by atoms with Gasteiger partial charge < -0.3 is 25.4 Å². The van der Waals surface area contributed by atoms with Gasteiger partial charge in [0, 0.05) is 0 Å². The van der Waals surface area contributed by atoms with Crippen LogP contribution in [-0.2, 0) is 10.9 Å². The van der Waals surface area contributed by atoms with Crippen molar-refractivity contribution in [3.63, 3.8) is 0 Å². The first-order valence-corrected chi connectivity index (χ1v) is 6.07. The van der Waals surface area contributed by atoms with Crippen molar-refractivity contribution in [2.24, 2.45) is 0 Å². The summed E-state index contributed by atoms with van der Waals surface area (Å²) >= 11 is 0. The molecule has 10 heteroatoms. The van der Waals surface area contributed by atoms with Crippen molar-refractivity contribution in [3.05, 3.63) is 18.1 Å². The molecule has 0 radical (unpaired) electrons. The topological polar surface area (TPSA) is 108 Å². The second-order valence-electron chi connectivity index (χ2n) is 4.57. The van der Waals surface area contributed by atoms with E-state index >= 15 is 0 Å². The van der Waals surface area contributed by atoms with Gasteiger partial charge >= 0.3 is 6.18 Å². The summed E-state index contributed by atoms with van der Waals surface area (Å²) in [6, 6.07) is -0.874. The van der Waals surface area contributed by atoms with Crippen molar-refractivity contribution in [2.45, 2.75) is 30.5 Å². The fourth-order valence-electron chi connectivity index (χ4n) is 1.93. The number of aliphatic hydroxyl groups is 3. The summed E-state index contributed by atoms with van der Waals surface area (Å²) in [4.78, 5) is 6.76. The Kier molecular flexibility index (Phi) is 4.61. The first-order chi connectivity index (χ1) is 9.82. The lowest BCUT2D eigenvalue weighted by molar-refractivity contribution is -0.152. The van der Waals surface area contributed by atoms with Crippen LogP contribution in [0.25, 0.3) is 0 Å². The molecule has 0 aliphatic carbocycles. The molecule has 0 aromatic carbocycles. The lowest BCUT2D eigenvalue weighted by Gasteiger charge is -2.37. The maximum atomic E-state index is 12.5. The zero-order chi connectivity index (χ0) is 15.6. The molecule has 21 heavy (non-hydrogen) atoms. The number of anilines is 1. The quantitative estimate of drug-likeness (QED) is 0.590. The summed E-state index contributed by atoms with van der Waals surface area (Å²) in [5, 5.41) is 31.0. The highest BCUT2D eigenvalue weighted by molar-refractivity contribution is 5.34. The minimum atomic E-state index is -4.63. The second-order valence-corrected chi connectivity index (χ2v) is 4.57. The largest absolute Gasteiger partial charge is 0.434 e. The average molecular weight is 309 g/mol. The van der Waals surface area contributed by atoms with Gasteiger partial charge in [-0.25, -0.2) is 4.98 Å². The fourth-order valence-corrected chi connectivity index (χ4v) is 1.93. The van der Waals surface area contributed by atoms with E-state index in [4.69, 9.17) is 9.84 Å². The van der Waals surface area contributed by atoms with Crippen LogP contribution in [0.15, 0.2) is 12.4 Å². The van der Waals surface area contributed by atoms with Gasteiger partial charge in [-0.15, -0.1) is 0 Å². The Bertz CT molecular complexity index is 488. The highest BCUT2D eigenvalue weighted by atomic mass is 19.4. The predicted octanol–water partition coefficient (Wildman–Crippen LogP) is -0.611. The van der Waals surface area contributed by atoms with Gasteiger partial charge in [-0.2, -0.15) is 13.2 Å². The van der Waals surface area contributed by atoms with Crippen molar-refractivity contribution in [3.8, 4) is 0 Å². The number of rotatable bonds is 3. The Morgan fingerprint density at radius 1 is 1.29 bits per heavy atom. The molecule has 1 aromatic rings. The molecule has 2 rings (SSSR count). The van der Waals surface area contributed by atoms with E-state index in [0.717, 1.165) is 6.20 Å². The number of aromatic nitrogens is 2. The Balaban J connectivity index is 2.08. The van der Waals surface area contributed by atoms with Gasteiger partial charge in [0.25, 0.3) is 0 Å². The zero-order valence-corrected chi connectivity index (χ0v) is 10.7. The van der Waals surface area contributed by atoms with Crippen LogP contribution in [0.2, 0.25) is 0 Å². The first kappa shape index (κ1) is 15.9. The third-order valence-corrected chi connectivity index (χ3v) is 3.07. The average Bonchev–Trinajstić information content (AvgIpc) is 2.44. The van der Waals surface area contributed by atoms with Crippen LogP contribution in [0, 0.1) is 0 Å². The van der Waals surface area contributed by atoms with Crippen LogP contribution >= 0.6 is 0 Å². The van der Waals surface area contributed by atoms with Crippen LogP contribution in [0.4, 0.5) is 19.0 Å². The summed E-state index contributed by atoms with van der Waals surface area (Å²) in [6.07, 6.45) is -6.62. The van der Waals surface area contributed by atoms with Gasteiger partial charge in [-0.1, -0.05) is 0 Å². The molecule has 0 spiro atoms. The lowest BCUT2D eigenvalue weighted by Crippen LogP contribution is -2.56. The smallest absolute Gasteiger partial charge is 0.394 e. The number of ether oxygens (including phenoxy) is 1. The fraction of sp³-hybridized carbons (Fsp3) is 0.636. The molecule has 0 amide bonds. The molecule has 118 valence electrons. The van der Waals surface area contributed by atoms with Gasteiger partial charge in [0.15, 0.2) is 5.69 Å². The highest BCUT2D eigenvalue weighted by Crippen LogP contribution is 2.28. The number of halogens is 3. The van der Waals surface area contributed by atoms with E-state index in [1.807, 2.05) is 0 Å². The first-order valence-electron chi connectivity index (χ1n) is 6.07. The third kappa shape index (κ3) is 3.59. The van der Waals surface area contributed by atoms with Gasteiger partial charge in [0.1, 0.15) is 24.1 Å². The van der Waals surface area contributed by atoms with Crippen molar-refractivity contribution in [1.82, 2.24) is 9.97 Å². The molecule has 1 aliphatic rings. The van der Waals surface area contributed by atoms with E-state index in [9.17, 15) is 23.4 Å². The van der Waals surface area contributed by atoms with Crippen LogP contribution in [0.5, 0.6) is 0 Å². The summed E-state index contributed by atoms with van der Waals surface area (Å²) < 4.78 is 42.6. The normalized spacial score (nSPS) is 30.2. The number of nitrogens with one attached hydrogen (secondary N) is 1. The molecule has 4 atom stereocenters. The van der Waals surface area contributed by atoms with Crippen LogP contribution in [0.1, 0.15) is 5.69 Å². The molecule has 7 nitrogen and oxygen atoms in total. The number of nitrogens with zero attached hydrogens (tertiary/aromatic N) is 2. The van der Waals surface area contributed by atoms with Gasteiger partial charge in [0.2, 0.25) is 0 Å². The lowest BCUT2D eigenvalue weighted by atomic mass is 9.98. The molecular weight excluding hydrogens is 295 g/mol. The van der Waals surface area contributed by atoms with Gasteiger partial charge in [-0.3, -0.25) is 4.98 Å². The number of hydrogen-bond acceptors (Lipinski definition) is 7. The Labute approximate surface area is 117 Å². The standard InChI is InChI=1S/C11H14F3N3O4/c12-11(13,14)7-1-15-2-8(17-7)16-5-4-21-6(3-18)10(20)9(5)19/h1-2,5-6,9-10,18-20H,3-4H2,(H,16,17). The Morgan fingerprint density at radius 2 is 2.00 bits per heavy atom. The SMILES string of the molecule is OCC1OCC(Nc2cncc(C(F)(F)F)n2)C(O)C1O. The van der Waals surface area contributed by atoms with E-state index in [0.29, 0.717) is 6.20 Å². The summed E-state index contributed by atoms with van der Waals surface area (Å²) in [7, 11) is 0. The van der Waals surface area contributed by atoms with Crippen LogP contribution in [-0.4, -0.2) is 62.9 Å². The molecule has 1 aromatic heterocycles. The van der Waals surface area contributed by atoms with Gasteiger partial charge in [0.05, 0.1) is 31.6 Å². The van der Waals surface area contributed by atoms with E-state index < -0.39 is 42.8 Å². The number of aliphatic hydroxyl groups excluding tert-OH is 3. The summed E-state index contributed by atoms with van der Waals surface area (Å²) in [5.41, 5.74) is -1.17. The van der Waals surface area contributed by atoms with Crippen molar-refractivity contribution >= 4 is 5.82 Å². The molecular formula is C11H14F3N3O4. The molecule has 1 aliphatic heterocycles. The number of alkyl halides is 3. The van der Waals surface area contributed by atoms with Crippen molar-refractivity contribution < 1.29 is 33.2 Å². The van der Waals surface area contributed by atoms with E-state index in [-0.39, 0.29) is 12.4 Å². The van der Waals surface area contributed by atoms with E-state index in [1.165, 1.54) is 0 Å². The second kappa shape index (κ2) is 6.10. The predicted molar refractivity (Wildman–Crippen MR) is 63.3 cm³/mol. The molecule has 0 saturated carbocycles. The maximum absolute atomic E-state index is 12.5. The van der Waals surface area contributed by atoms with E-state index in [1.54, 1.807) is 0 Å². The summed E-state index contributed by atoms with van der Waals surface area (Å²) in [6.45, 7) is -0.588. The van der Waals surface area contributed by atoms with Crippen molar-refractivity contribution in [1.29, 1.82) is 0 Å². The molecule has 1 saturated heterocycles. The molecule has 4 unspecified atom stereocenters. The van der Waals surface area contributed by atoms with Crippen LogP contribution < -0.4 is 5.32 Å². The van der Waals surface area contributed by atoms with E-state index in [2.05, 4.69) is 15.3 Å². The molecule has 1 fully saturated rings. The Hall–Kier alpha value is -1.49. The number of hydrogen-bond donors (Lipinski definition) is 4. The monoisotopic (exact) mass is 309 g/mol. The third-order valence-electron chi connectivity index (χ3n) is 3.07. The molecule has 4 N–H and O–H groups in total. The highest BCUT2D eigenvalue weighted by Gasteiger charge is 2.38. The Morgan fingerprint density at radius 3 is 2.62 bits per heavy atom. The van der Waals surface area contributed by atoms with Crippen LogP contribution in [0.3, 0.4) is 0 Å². The molecule has 0 bridgehead atoms. The molecule has 2 heterocycles. The minimum Gasteiger partial charge on any atom is -0.394 e. The maximum Gasteiger partial charge on any atom is 0.434 e. The van der Waals surface area contributed by atoms with Crippen molar-refractivity contribution in [2.75, 3.05) is 18.5 Å². The summed E-state index contributed by atoms with van der Waals surface area (Å²) in [5.74, 6) is -0.202. The zero-order valence-electron chi connectivity index (χ0n) is 10.7.